The molecule has 5 heteroatoms. The summed E-state index contributed by atoms with van der Waals surface area (Å²) in [6.45, 7) is 2.18. The highest BCUT2D eigenvalue weighted by atomic mass is 16.9. The van der Waals surface area contributed by atoms with Gasteiger partial charge in [-0.1, -0.05) is 0 Å². The summed E-state index contributed by atoms with van der Waals surface area (Å²) in [5.74, 6) is -0.931. The van der Waals surface area contributed by atoms with Crippen LogP contribution in [0, 0.1) is 0 Å². The highest BCUT2D eigenvalue weighted by Gasteiger charge is 2.29. The standard InChI is InChI=1S/C10H20O5/c1-11-10(12-2,13-3)5-4-6-14-7-9-8-15-9/h9H,4-8H2,1-3H3. The van der Waals surface area contributed by atoms with Gasteiger partial charge < -0.3 is 23.7 Å². The van der Waals surface area contributed by atoms with Crippen molar-refractivity contribution in [2.75, 3.05) is 41.2 Å². The van der Waals surface area contributed by atoms with Crippen molar-refractivity contribution in [1.29, 1.82) is 0 Å². The van der Waals surface area contributed by atoms with Crippen molar-refractivity contribution in [3.63, 3.8) is 0 Å². The van der Waals surface area contributed by atoms with E-state index in [2.05, 4.69) is 0 Å². The van der Waals surface area contributed by atoms with E-state index < -0.39 is 5.97 Å². The van der Waals surface area contributed by atoms with Gasteiger partial charge in [0.15, 0.2) is 0 Å². The lowest BCUT2D eigenvalue weighted by Crippen LogP contribution is -2.36. The summed E-state index contributed by atoms with van der Waals surface area (Å²) in [4.78, 5) is 0. The lowest BCUT2D eigenvalue weighted by atomic mass is 10.3. The SMILES string of the molecule is COC(CCCOCC1CO1)(OC)OC. The van der Waals surface area contributed by atoms with E-state index in [1.54, 1.807) is 21.3 Å². The molecule has 15 heavy (non-hydrogen) atoms. The second kappa shape index (κ2) is 6.40. The third kappa shape index (κ3) is 4.44. The number of epoxide rings is 1. The molecule has 0 aromatic heterocycles. The Bertz CT molecular complexity index is 157. The van der Waals surface area contributed by atoms with Crippen molar-refractivity contribution >= 4 is 0 Å². The summed E-state index contributed by atoms with van der Waals surface area (Å²) in [6.07, 6.45) is 1.78. The quantitative estimate of drug-likeness (QED) is 0.326. The number of methoxy groups -OCH3 is 3. The molecule has 0 aromatic rings. The Morgan fingerprint density at radius 2 is 1.80 bits per heavy atom. The van der Waals surface area contributed by atoms with Crippen molar-refractivity contribution < 1.29 is 23.7 Å². The summed E-state index contributed by atoms with van der Waals surface area (Å²) < 4.78 is 25.9. The zero-order valence-corrected chi connectivity index (χ0v) is 9.65. The van der Waals surface area contributed by atoms with Gasteiger partial charge in [0.05, 0.1) is 13.2 Å². The minimum absolute atomic E-state index is 0.321. The molecular formula is C10H20O5. The molecule has 1 rings (SSSR count). The zero-order chi connectivity index (χ0) is 11.1. The van der Waals surface area contributed by atoms with Crippen LogP contribution >= 0.6 is 0 Å². The third-order valence-electron chi connectivity index (χ3n) is 2.41. The van der Waals surface area contributed by atoms with E-state index in [1.807, 2.05) is 0 Å². The van der Waals surface area contributed by atoms with Gasteiger partial charge in [-0.15, -0.1) is 0 Å². The van der Waals surface area contributed by atoms with Gasteiger partial charge in [-0.2, -0.15) is 0 Å². The summed E-state index contributed by atoms with van der Waals surface area (Å²) in [7, 11) is 4.68. The lowest BCUT2D eigenvalue weighted by molar-refractivity contribution is -0.355. The first-order valence-electron chi connectivity index (χ1n) is 5.11. The van der Waals surface area contributed by atoms with Gasteiger partial charge in [0.2, 0.25) is 0 Å². The van der Waals surface area contributed by atoms with Crippen LogP contribution in [0.25, 0.3) is 0 Å². The largest absolute Gasteiger partial charge is 0.379 e. The maximum absolute atomic E-state index is 5.39. The molecule has 1 saturated heterocycles. The first-order valence-corrected chi connectivity index (χ1v) is 5.11. The van der Waals surface area contributed by atoms with Crippen LogP contribution in [0.5, 0.6) is 0 Å². The number of hydrogen-bond acceptors (Lipinski definition) is 5. The molecule has 1 aliphatic heterocycles. The molecule has 1 aliphatic rings. The van der Waals surface area contributed by atoms with Gasteiger partial charge >= 0.3 is 0 Å². The molecule has 0 bridgehead atoms. The van der Waals surface area contributed by atoms with Crippen LogP contribution in [-0.4, -0.2) is 53.2 Å². The second-order valence-electron chi connectivity index (χ2n) is 3.43. The average Bonchev–Trinajstić information content (AvgIpc) is 3.08. The molecular weight excluding hydrogens is 200 g/mol. The molecule has 1 fully saturated rings. The normalized spacial score (nSPS) is 20.6. The topological polar surface area (TPSA) is 49.5 Å². The number of rotatable bonds is 9. The molecule has 90 valence electrons. The molecule has 0 spiro atoms. The minimum atomic E-state index is -0.931. The molecule has 1 unspecified atom stereocenters. The van der Waals surface area contributed by atoms with Crippen molar-refractivity contribution in [2.24, 2.45) is 0 Å². The van der Waals surface area contributed by atoms with Crippen LogP contribution in [0.3, 0.4) is 0 Å². The van der Waals surface area contributed by atoms with E-state index in [4.69, 9.17) is 23.7 Å². The monoisotopic (exact) mass is 220 g/mol. The Morgan fingerprint density at radius 1 is 1.20 bits per heavy atom. The maximum atomic E-state index is 5.39. The van der Waals surface area contributed by atoms with E-state index in [0.717, 1.165) is 13.0 Å². The summed E-state index contributed by atoms with van der Waals surface area (Å²) in [5, 5.41) is 0. The summed E-state index contributed by atoms with van der Waals surface area (Å²) >= 11 is 0. The van der Waals surface area contributed by atoms with Crippen molar-refractivity contribution in [3.8, 4) is 0 Å². The molecule has 0 aliphatic carbocycles. The van der Waals surface area contributed by atoms with E-state index in [1.165, 1.54) is 0 Å². The Hall–Kier alpha value is -0.200. The summed E-state index contributed by atoms with van der Waals surface area (Å²) in [6, 6.07) is 0. The third-order valence-corrected chi connectivity index (χ3v) is 2.41. The van der Waals surface area contributed by atoms with E-state index in [9.17, 15) is 0 Å². The van der Waals surface area contributed by atoms with Gasteiger partial charge in [-0.05, 0) is 6.42 Å². The predicted molar refractivity (Wildman–Crippen MR) is 53.6 cm³/mol. The molecule has 0 amide bonds. The molecule has 0 saturated carbocycles. The lowest BCUT2D eigenvalue weighted by Gasteiger charge is -2.28. The molecule has 0 N–H and O–H groups in total. The highest BCUT2D eigenvalue weighted by Crippen LogP contribution is 2.19. The van der Waals surface area contributed by atoms with Gasteiger partial charge in [0.1, 0.15) is 6.10 Å². The molecule has 0 radical (unpaired) electrons. The number of hydrogen-bond donors (Lipinski definition) is 0. The van der Waals surface area contributed by atoms with E-state index >= 15 is 0 Å². The fourth-order valence-electron chi connectivity index (χ4n) is 1.33. The second-order valence-corrected chi connectivity index (χ2v) is 3.43. The smallest absolute Gasteiger partial charge is 0.282 e. The Morgan fingerprint density at radius 3 is 2.27 bits per heavy atom. The molecule has 1 heterocycles. The van der Waals surface area contributed by atoms with Crippen molar-refractivity contribution in [3.05, 3.63) is 0 Å². The fourth-order valence-corrected chi connectivity index (χ4v) is 1.33. The van der Waals surface area contributed by atoms with Gasteiger partial charge in [-0.3, -0.25) is 0 Å². The van der Waals surface area contributed by atoms with Gasteiger partial charge in [-0.25, -0.2) is 0 Å². The Balaban J connectivity index is 2.04. The van der Waals surface area contributed by atoms with Gasteiger partial charge in [0, 0.05) is 34.4 Å². The first-order chi connectivity index (χ1) is 7.26. The first kappa shape index (κ1) is 12.9. The van der Waals surface area contributed by atoms with Crippen LogP contribution in [0.15, 0.2) is 0 Å². The fraction of sp³-hybridized carbons (Fsp3) is 1.00. The Labute approximate surface area is 90.6 Å². The molecule has 1 atom stereocenters. The zero-order valence-electron chi connectivity index (χ0n) is 9.65. The molecule has 0 aromatic carbocycles. The summed E-state index contributed by atoms with van der Waals surface area (Å²) in [5.41, 5.74) is 0. The van der Waals surface area contributed by atoms with E-state index in [-0.39, 0.29) is 0 Å². The predicted octanol–water partition coefficient (Wildman–Crippen LogP) is 0.775. The Kier molecular flexibility index (Phi) is 5.49. The maximum Gasteiger partial charge on any atom is 0.282 e. The molecule has 5 nitrogen and oxygen atoms in total. The van der Waals surface area contributed by atoms with Crippen molar-refractivity contribution in [2.45, 2.75) is 24.9 Å². The van der Waals surface area contributed by atoms with Crippen LogP contribution in [-0.2, 0) is 23.7 Å². The average molecular weight is 220 g/mol. The van der Waals surface area contributed by atoms with Gasteiger partial charge in [0.25, 0.3) is 5.97 Å². The van der Waals surface area contributed by atoms with Crippen molar-refractivity contribution in [1.82, 2.24) is 0 Å². The van der Waals surface area contributed by atoms with Crippen LogP contribution in [0.2, 0.25) is 0 Å². The van der Waals surface area contributed by atoms with Crippen LogP contribution < -0.4 is 0 Å². The van der Waals surface area contributed by atoms with Crippen LogP contribution in [0.1, 0.15) is 12.8 Å². The van der Waals surface area contributed by atoms with E-state index in [0.29, 0.717) is 25.7 Å². The highest BCUT2D eigenvalue weighted by molar-refractivity contribution is 4.67. The number of ether oxygens (including phenoxy) is 5. The van der Waals surface area contributed by atoms with Crippen LogP contribution in [0.4, 0.5) is 0 Å². The minimum Gasteiger partial charge on any atom is -0.379 e.